The largest absolute Gasteiger partial charge is 0.357 e. The zero-order chi connectivity index (χ0) is 15.1. The van der Waals surface area contributed by atoms with Gasteiger partial charge in [0.15, 0.2) is 0 Å². The van der Waals surface area contributed by atoms with E-state index >= 15 is 0 Å². The third-order valence-electron chi connectivity index (χ3n) is 4.35. The Morgan fingerprint density at radius 2 is 2.19 bits per heavy atom. The number of anilines is 1. The minimum absolute atomic E-state index is 0.762. The van der Waals surface area contributed by atoms with E-state index < -0.39 is 0 Å². The molecule has 3 nitrogen and oxygen atoms in total. The highest BCUT2D eigenvalue weighted by atomic mass is 35.5. The van der Waals surface area contributed by atoms with Crippen LogP contribution in [0.2, 0.25) is 5.02 Å². The summed E-state index contributed by atoms with van der Waals surface area (Å²) in [5.74, 6) is 1.98. The lowest BCUT2D eigenvalue weighted by atomic mass is 9.96. The number of hydrogen-bond acceptors (Lipinski definition) is 3. The summed E-state index contributed by atoms with van der Waals surface area (Å²) in [6.07, 6.45) is 8.41. The summed E-state index contributed by atoms with van der Waals surface area (Å²) in [5.41, 5.74) is 1.15. The SMILES string of the molecule is CCCC1CCCN(c2cc(CNCC)c(Cl)cn2)CC1. The molecule has 0 bridgehead atoms. The Bertz CT molecular complexity index is 436. The molecule has 1 fully saturated rings. The zero-order valence-corrected chi connectivity index (χ0v) is 14.1. The lowest BCUT2D eigenvalue weighted by molar-refractivity contribution is 0.435. The Hall–Kier alpha value is -0.800. The van der Waals surface area contributed by atoms with Crippen molar-refractivity contribution in [3.05, 3.63) is 22.8 Å². The molecule has 1 aliphatic heterocycles. The molecule has 0 saturated carbocycles. The van der Waals surface area contributed by atoms with Crippen LogP contribution in [0.5, 0.6) is 0 Å². The molecule has 2 rings (SSSR count). The quantitative estimate of drug-likeness (QED) is 0.851. The average Bonchev–Trinajstić information content (AvgIpc) is 2.73. The second-order valence-electron chi connectivity index (χ2n) is 5.99. The van der Waals surface area contributed by atoms with Gasteiger partial charge < -0.3 is 10.2 Å². The third kappa shape index (κ3) is 4.86. The molecule has 0 aromatic carbocycles. The fourth-order valence-electron chi connectivity index (χ4n) is 3.13. The van der Waals surface area contributed by atoms with Crippen LogP contribution in [0.4, 0.5) is 5.82 Å². The first-order valence-electron chi connectivity index (χ1n) is 8.34. The second-order valence-corrected chi connectivity index (χ2v) is 6.39. The predicted molar refractivity (Wildman–Crippen MR) is 91.1 cm³/mol. The van der Waals surface area contributed by atoms with E-state index in [1.165, 1.54) is 32.1 Å². The van der Waals surface area contributed by atoms with Gasteiger partial charge in [0, 0.05) is 25.8 Å². The molecule has 0 spiro atoms. The summed E-state index contributed by atoms with van der Waals surface area (Å²) < 4.78 is 0. The number of rotatable bonds is 6. The number of hydrogen-bond donors (Lipinski definition) is 1. The molecule has 1 N–H and O–H groups in total. The second kappa shape index (κ2) is 8.60. The van der Waals surface area contributed by atoms with Crippen molar-refractivity contribution in [1.82, 2.24) is 10.3 Å². The van der Waals surface area contributed by atoms with Gasteiger partial charge in [-0.3, -0.25) is 0 Å². The van der Waals surface area contributed by atoms with Crippen LogP contribution >= 0.6 is 11.6 Å². The van der Waals surface area contributed by atoms with Crippen molar-refractivity contribution in [1.29, 1.82) is 0 Å². The van der Waals surface area contributed by atoms with E-state index in [-0.39, 0.29) is 0 Å². The molecule has 0 radical (unpaired) electrons. The van der Waals surface area contributed by atoms with E-state index in [0.717, 1.165) is 48.5 Å². The van der Waals surface area contributed by atoms with Crippen LogP contribution < -0.4 is 10.2 Å². The first-order chi connectivity index (χ1) is 10.2. The van der Waals surface area contributed by atoms with Gasteiger partial charge in [-0.15, -0.1) is 0 Å². The number of nitrogens with zero attached hydrogens (tertiary/aromatic N) is 2. The van der Waals surface area contributed by atoms with Crippen LogP contribution in [0.1, 0.15) is 51.5 Å². The van der Waals surface area contributed by atoms with Crippen LogP contribution in [0.25, 0.3) is 0 Å². The topological polar surface area (TPSA) is 28.2 Å². The molecular formula is C17H28ClN3. The van der Waals surface area contributed by atoms with Gasteiger partial charge in [-0.2, -0.15) is 0 Å². The van der Waals surface area contributed by atoms with Crippen molar-refractivity contribution in [3.63, 3.8) is 0 Å². The van der Waals surface area contributed by atoms with Crippen molar-refractivity contribution in [2.45, 2.75) is 52.5 Å². The molecule has 1 saturated heterocycles. The lowest BCUT2D eigenvalue weighted by Crippen LogP contribution is -2.25. The molecule has 118 valence electrons. The number of pyridine rings is 1. The summed E-state index contributed by atoms with van der Waals surface area (Å²) in [6, 6.07) is 2.16. The van der Waals surface area contributed by atoms with Crippen LogP contribution in [-0.4, -0.2) is 24.6 Å². The maximum absolute atomic E-state index is 6.25. The Balaban J connectivity index is 2.03. The van der Waals surface area contributed by atoms with Crippen LogP contribution in [-0.2, 0) is 6.54 Å². The molecule has 2 heterocycles. The van der Waals surface area contributed by atoms with Gasteiger partial charge in [0.1, 0.15) is 5.82 Å². The molecular weight excluding hydrogens is 282 g/mol. The van der Waals surface area contributed by atoms with Gasteiger partial charge in [-0.1, -0.05) is 38.3 Å². The molecule has 1 aromatic heterocycles. The van der Waals surface area contributed by atoms with Gasteiger partial charge in [0.05, 0.1) is 5.02 Å². The summed E-state index contributed by atoms with van der Waals surface area (Å²) in [5, 5.41) is 4.10. The van der Waals surface area contributed by atoms with E-state index in [9.17, 15) is 0 Å². The Kier molecular flexibility index (Phi) is 6.78. The monoisotopic (exact) mass is 309 g/mol. The van der Waals surface area contributed by atoms with E-state index in [2.05, 4.69) is 35.1 Å². The standard InChI is InChI=1S/C17H28ClN3/c1-3-6-14-7-5-9-21(10-8-14)17-11-15(12-19-4-2)16(18)13-20-17/h11,13-14,19H,3-10,12H2,1-2H3. The summed E-state index contributed by atoms with van der Waals surface area (Å²) in [4.78, 5) is 6.98. The van der Waals surface area contributed by atoms with E-state index in [1.54, 1.807) is 6.20 Å². The van der Waals surface area contributed by atoms with Gasteiger partial charge in [0.2, 0.25) is 0 Å². The molecule has 1 aliphatic rings. The number of halogens is 1. The van der Waals surface area contributed by atoms with Gasteiger partial charge in [-0.25, -0.2) is 4.98 Å². The molecule has 1 unspecified atom stereocenters. The average molecular weight is 310 g/mol. The van der Waals surface area contributed by atoms with Crippen LogP contribution in [0, 0.1) is 5.92 Å². The lowest BCUT2D eigenvalue weighted by Gasteiger charge is -2.22. The fourth-order valence-corrected chi connectivity index (χ4v) is 3.30. The van der Waals surface area contributed by atoms with Crippen molar-refractivity contribution >= 4 is 17.4 Å². The summed E-state index contributed by atoms with van der Waals surface area (Å²) in [7, 11) is 0. The van der Waals surface area contributed by atoms with E-state index in [4.69, 9.17) is 11.6 Å². The first kappa shape index (κ1) is 16.6. The van der Waals surface area contributed by atoms with Gasteiger partial charge >= 0.3 is 0 Å². The van der Waals surface area contributed by atoms with Crippen molar-refractivity contribution in [3.8, 4) is 0 Å². The smallest absolute Gasteiger partial charge is 0.128 e. The minimum atomic E-state index is 0.762. The van der Waals surface area contributed by atoms with Gasteiger partial charge in [-0.05, 0) is 43.4 Å². The first-order valence-corrected chi connectivity index (χ1v) is 8.72. The highest BCUT2D eigenvalue weighted by Crippen LogP contribution is 2.26. The third-order valence-corrected chi connectivity index (χ3v) is 4.69. The Labute approximate surface area is 134 Å². The van der Waals surface area contributed by atoms with E-state index in [1.807, 2.05) is 0 Å². The summed E-state index contributed by atoms with van der Waals surface area (Å²) in [6.45, 7) is 8.41. The van der Waals surface area contributed by atoms with Crippen molar-refractivity contribution in [2.24, 2.45) is 5.92 Å². The van der Waals surface area contributed by atoms with Crippen LogP contribution in [0.3, 0.4) is 0 Å². The van der Waals surface area contributed by atoms with E-state index in [0.29, 0.717) is 0 Å². The van der Waals surface area contributed by atoms with Crippen LogP contribution in [0.15, 0.2) is 12.3 Å². The highest BCUT2D eigenvalue weighted by molar-refractivity contribution is 6.31. The molecule has 1 aromatic rings. The zero-order valence-electron chi connectivity index (χ0n) is 13.4. The maximum atomic E-state index is 6.25. The fraction of sp³-hybridized carbons (Fsp3) is 0.706. The number of aromatic nitrogens is 1. The molecule has 0 aliphatic carbocycles. The normalized spacial score (nSPS) is 19.6. The number of nitrogens with one attached hydrogen (secondary N) is 1. The molecule has 1 atom stereocenters. The minimum Gasteiger partial charge on any atom is -0.357 e. The highest BCUT2D eigenvalue weighted by Gasteiger charge is 2.18. The Morgan fingerprint density at radius 3 is 2.95 bits per heavy atom. The van der Waals surface area contributed by atoms with Crippen molar-refractivity contribution < 1.29 is 0 Å². The maximum Gasteiger partial charge on any atom is 0.128 e. The summed E-state index contributed by atoms with van der Waals surface area (Å²) >= 11 is 6.25. The van der Waals surface area contributed by atoms with Gasteiger partial charge in [0.25, 0.3) is 0 Å². The Morgan fingerprint density at radius 1 is 1.33 bits per heavy atom. The molecule has 4 heteroatoms. The predicted octanol–water partition coefficient (Wildman–Crippen LogP) is 4.25. The molecule has 21 heavy (non-hydrogen) atoms. The molecule has 0 amide bonds. The van der Waals surface area contributed by atoms with Crippen molar-refractivity contribution in [2.75, 3.05) is 24.5 Å².